The van der Waals surface area contributed by atoms with E-state index in [4.69, 9.17) is 0 Å². The quantitative estimate of drug-likeness (QED) is 0.628. The number of phenols is 1. The van der Waals surface area contributed by atoms with Crippen LogP contribution in [0.3, 0.4) is 0 Å². The van der Waals surface area contributed by atoms with Crippen LogP contribution in [-0.4, -0.2) is 24.5 Å². The lowest BCUT2D eigenvalue weighted by atomic mass is 10.3. The van der Waals surface area contributed by atoms with Crippen molar-refractivity contribution in [3.05, 3.63) is 78.6 Å². The van der Waals surface area contributed by atoms with Gasteiger partial charge < -0.3 is 15.7 Å². The molecule has 0 aliphatic heterocycles. The number of pyridine rings is 1. The van der Waals surface area contributed by atoms with Gasteiger partial charge in [0.2, 0.25) is 9.84 Å². The molecule has 7 nitrogen and oxygen atoms in total. The predicted octanol–water partition coefficient (Wildman–Crippen LogP) is 2.94. The molecule has 0 saturated heterocycles. The monoisotopic (exact) mass is 383 g/mol. The molecule has 0 aliphatic carbocycles. The van der Waals surface area contributed by atoms with E-state index in [1.807, 2.05) is 6.07 Å². The summed E-state index contributed by atoms with van der Waals surface area (Å²) in [6.07, 6.45) is 3.30. The highest BCUT2D eigenvalue weighted by Crippen LogP contribution is 2.28. The Kier molecular flexibility index (Phi) is 5.37. The second-order valence-corrected chi connectivity index (χ2v) is 7.58. The lowest BCUT2D eigenvalue weighted by molar-refractivity contribution is 0.251. The number of carbonyl (C=O) groups excluding carboxylic acids is 1. The van der Waals surface area contributed by atoms with Crippen LogP contribution in [0.1, 0.15) is 5.56 Å². The Morgan fingerprint density at radius 1 is 1.00 bits per heavy atom. The van der Waals surface area contributed by atoms with Gasteiger partial charge in [0.05, 0.1) is 4.90 Å². The molecule has 0 bridgehead atoms. The predicted molar refractivity (Wildman–Crippen MR) is 100 cm³/mol. The van der Waals surface area contributed by atoms with Crippen LogP contribution in [0.2, 0.25) is 0 Å². The molecule has 2 aromatic carbocycles. The fraction of sp³-hybridized carbons (Fsp3) is 0.0526. The van der Waals surface area contributed by atoms with Crippen LogP contribution in [0.4, 0.5) is 10.5 Å². The van der Waals surface area contributed by atoms with Crippen molar-refractivity contribution in [1.29, 1.82) is 0 Å². The first-order valence-corrected chi connectivity index (χ1v) is 9.52. The highest BCUT2D eigenvalue weighted by Gasteiger charge is 2.20. The maximum absolute atomic E-state index is 12.6. The van der Waals surface area contributed by atoms with Crippen LogP contribution in [0.5, 0.6) is 5.75 Å². The number of urea groups is 1. The van der Waals surface area contributed by atoms with Crippen LogP contribution in [0.25, 0.3) is 0 Å². The van der Waals surface area contributed by atoms with Gasteiger partial charge in [0.15, 0.2) is 0 Å². The molecule has 1 heterocycles. The molecule has 0 spiro atoms. The van der Waals surface area contributed by atoms with E-state index in [9.17, 15) is 18.3 Å². The number of hydrogen-bond donors (Lipinski definition) is 3. The van der Waals surface area contributed by atoms with Crippen molar-refractivity contribution in [2.75, 3.05) is 5.32 Å². The van der Waals surface area contributed by atoms with Gasteiger partial charge in [0, 0.05) is 24.6 Å². The van der Waals surface area contributed by atoms with E-state index in [-0.39, 0.29) is 15.5 Å². The second kappa shape index (κ2) is 7.88. The van der Waals surface area contributed by atoms with Gasteiger partial charge in [0.1, 0.15) is 10.6 Å². The SMILES string of the molecule is O=C(NCc1cccnc1)Nc1ccc(S(=O)(=O)c2ccccc2O)cc1. The molecular formula is C19H17N3O4S. The molecule has 0 atom stereocenters. The van der Waals surface area contributed by atoms with E-state index in [2.05, 4.69) is 15.6 Å². The summed E-state index contributed by atoms with van der Waals surface area (Å²) in [5.41, 5.74) is 1.30. The van der Waals surface area contributed by atoms with E-state index in [1.54, 1.807) is 24.5 Å². The summed E-state index contributed by atoms with van der Waals surface area (Å²) >= 11 is 0. The molecule has 0 aliphatic rings. The molecule has 8 heteroatoms. The van der Waals surface area contributed by atoms with Crippen molar-refractivity contribution in [2.24, 2.45) is 0 Å². The number of anilines is 1. The summed E-state index contributed by atoms with van der Waals surface area (Å²) in [4.78, 5) is 15.8. The molecule has 138 valence electrons. The molecule has 3 rings (SSSR count). The maximum atomic E-state index is 12.6. The summed E-state index contributed by atoms with van der Waals surface area (Å²) < 4.78 is 25.2. The van der Waals surface area contributed by atoms with Gasteiger partial charge in [-0.15, -0.1) is 0 Å². The number of benzene rings is 2. The number of nitrogens with zero attached hydrogens (tertiary/aromatic N) is 1. The van der Waals surface area contributed by atoms with Gasteiger partial charge in [-0.1, -0.05) is 18.2 Å². The summed E-state index contributed by atoms with van der Waals surface area (Å²) in [5.74, 6) is -0.311. The summed E-state index contributed by atoms with van der Waals surface area (Å²) in [5, 5.41) is 15.1. The van der Waals surface area contributed by atoms with Gasteiger partial charge in [-0.3, -0.25) is 4.98 Å². The van der Waals surface area contributed by atoms with Crippen molar-refractivity contribution in [2.45, 2.75) is 16.3 Å². The second-order valence-electron chi connectivity index (χ2n) is 5.66. The van der Waals surface area contributed by atoms with Crippen LogP contribution in [-0.2, 0) is 16.4 Å². The fourth-order valence-electron chi connectivity index (χ4n) is 2.39. The molecule has 27 heavy (non-hydrogen) atoms. The number of phenolic OH excluding ortho intramolecular Hbond substituents is 1. The van der Waals surface area contributed by atoms with Crippen molar-refractivity contribution in [3.8, 4) is 5.75 Å². The topological polar surface area (TPSA) is 108 Å². The summed E-state index contributed by atoms with van der Waals surface area (Å²) in [6.45, 7) is 0.319. The van der Waals surface area contributed by atoms with Crippen molar-refractivity contribution in [3.63, 3.8) is 0 Å². The zero-order chi connectivity index (χ0) is 19.3. The van der Waals surface area contributed by atoms with Crippen molar-refractivity contribution in [1.82, 2.24) is 10.3 Å². The third-order valence-corrected chi connectivity index (χ3v) is 5.57. The minimum absolute atomic E-state index is 0.0188. The van der Waals surface area contributed by atoms with Crippen LogP contribution >= 0.6 is 0 Å². The van der Waals surface area contributed by atoms with E-state index in [0.29, 0.717) is 12.2 Å². The van der Waals surface area contributed by atoms with Crippen LogP contribution < -0.4 is 10.6 Å². The average Bonchev–Trinajstić information content (AvgIpc) is 2.68. The highest BCUT2D eigenvalue weighted by molar-refractivity contribution is 7.91. The Bertz CT molecular complexity index is 1040. The van der Waals surface area contributed by atoms with E-state index in [1.165, 1.54) is 42.5 Å². The third kappa shape index (κ3) is 4.42. The van der Waals surface area contributed by atoms with Crippen molar-refractivity contribution < 1.29 is 18.3 Å². The number of hydrogen-bond acceptors (Lipinski definition) is 5. The molecule has 0 unspecified atom stereocenters. The van der Waals surface area contributed by atoms with Gasteiger partial charge in [-0.25, -0.2) is 13.2 Å². The first kappa shape index (κ1) is 18.4. The molecule has 0 fully saturated rings. The number of carbonyl (C=O) groups is 1. The maximum Gasteiger partial charge on any atom is 0.319 e. The van der Waals surface area contributed by atoms with Gasteiger partial charge in [-0.2, -0.15) is 0 Å². The summed E-state index contributed by atoms with van der Waals surface area (Å²) in [6, 6.07) is 14.6. The number of aromatic nitrogens is 1. The standard InChI is InChI=1S/C19H17N3O4S/c23-17-5-1-2-6-18(17)27(25,26)16-9-7-15(8-10-16)22-19(24)21-13-14-4-3-11-20-12-14/h1-12,23H,13H2,(H2,21,22,24). The molecule has 1 aromatic heterocycles. The summed E-state index contributed by atoms with van der Waals surface area (Å²) in [7, 11) is -3.85. The number of para-hydroxylation sites is 1. The third-order valence-electron chi connectivity index (χ3n) is 3.75. The number of aromatic hydroxyl groups is 1. The van der Waals surface area contributed by atoms with Crippen molar-refractivity contribution >= 4 is 21.6 Å². The Morgan fingerprint density at radius 3 is 2.41 bits per heavy atom. The number of sulfone groups is 1. The van der Waals surface area contributed by atoms with Gasteiger partial charge in [-0.05, 0) is 48.0 Å². The lowest BCUT2D eigenvalue weighted by Gasteiger charge is -2.09. The highest BCUT2D eigenvalue weighted by atomic mass is 32.2. The first-order valence-electron chi connectivity index (χ1n) is 8.04. The normalized spacial score (nSPS) is 11.0. The number of amides is 2. The van der Waals surface area contributed by atoms with Gasteiger partial charge >= 0.3 is 6.03 Å². The van der Waals surface area contributed by atoms with Crippen LogP contribution in [0.15, 0.2) is 82.8 Å². The van der Waals surface area contributed by atoms with E-state index < -0.39 is 15.9 Å². The molecule has 0 radical (unpaired) electrons. The molecule has 3 aromatic rings. The Hall–Kier alpha value is -3.39. The molecule has 0 saturated carbocycles. The minimum atomic E-state index is -3.85. The van der Waals surface area contributed by atoms with Crippen LogP contribution in [0, 0.1) is 0 Å². The zero-order valence-corrected chi connectivity index (χ0v) is 15.0. The fourth-order valence-corrected chi connectivity index (χ4v) is 3.74. The van der Waals surface area contributed by atoms with Gasteiger partial charge in [0.25, 0.3) is 0 Å². The number of rotatable bonds is 5. The molecule has 2 amide bonds. The van der Waals surface area contributed by atoms with E-state index >= 15 is 0 Å². The largest absolute Gasteiger partial charge is 0.507 e. The lowest BCUT2D eigenvalue weighted by Crippen LogP contribution is -2.28. The zero-order valence-electron chi connectivity index (χ0n) is 14.2. The minimum Gasteiger partial charge on any atom is -0.507 e. The Labute approximate surface area is 156 Å². The Morgan fingerprint density at radius 2 is 1.74 bits per heavy atom. The number of nitrogens with one attached hydrogen (secondary N) is 2. The average molecular weight is 383 g/mol. The Balaban J connectivity index is 1.67. The molecule has 3 N–H and O–H groups in total. The van der Waals surface area contributed by atoms with E-state index in [0.717, 1.165) is 5.56 Å². The first-order chi connectivity index (χ1) is 13.0. The molecular weight excluding hydrogens is 366 g/mol. The smallest absolute Gasteiger partial charge is 0.319 e.